The van der Waals surface area contributed by atoms with Crippen LogP contribution in [0.25, 0.3) is 11.4 Å². The van der Waals surface area contributed by atoms with Crippen LogP contribution in [-0.4, -0.2) is 24.0 Å². The first kappa shape index (κ1) is 17.7. The largest absolute Gasteiger partial charge is 0.492 e. The number of imidazole rings is 1. The van der Waals surface area contributed by atoms with Gasteiger partial charge in [-0.2, -0.15) is 0 Å². The summed E-state index contributed by atoms with van der Waals surface area (Å²) >= 11 is 3.34. The standard InChI is InChI=1S/C18H17BrN2O3S/c1-3-24-16-10-9-15(19)11-17(16)25(22,23)21-12-13(2)20-18(21)14-7-5-4-6-8-14/h4-12H,3H2,1-2H3. The molecular weight excluding hydrogens is 404 g/mol. The number of hydrogen-bond acceptors (Lipinski definition) is 4. The van der Waals surface area contributed by atoms with Crippen molar-refractivity contribution in [2.24, 2.45) is 0 Å². The van der Waals surface area contributed by atoms with Gasteiger partial charge >= 0.3 is 0 Å². The molecule has 3 aromatic rings. The van der Waals surface area contributed by atoms with E-state index in [0.29, 0.717) is 28.3 Å². The van der Waals surface area contributed by atoms with Crippen molar-refractivity contribution in [3.8, 4) is 17.1 Å². The van der Waals surface area contributed by atoms with Gasteiger partial charge in [0.1, 0.15) is 10.6 Å². The van der Waals surface area contributed by atoms with E-state index in [9.17, 15) is 8.42 Å². The first-order valence-corrected chi connectivity index (χ1v) is 9.96. The molecule has 0 saturated carbocycles. The van der Waals surface area contributed by atoms with E-state index in [2.05, 4.69) is 20.9 Å². The van der Waals surface area contributed by atoms with Gasteiger partial charge in [-0.15, -0.1) is 0 Å². The number of ether oxygens (including phenoxy) is 1. The topological polar surface area (TPSA) is 61.2 Å². The summed E-state index contributed by atoms with van der Waals surface area (Å²) in [6, 6.07) is 14.2. The van der Waals surface area contributed by atoms with Crippen LogP contribution in [0.3, 0.4) is 0 Å². The fraction of sp³-hybridized carbons (Fsp3) is 0.167. The molecule has 0 aliphatic heterocycles. The molecule has 0 saturated heterocycles. The summed E-state index contributed by atoms with van der Waals surface area (Å²) in [6.45, 7) is 3.96. The summed E-state index contributed by atoms with van der Waals surface area (Å²) in [4.78, 5) is 4.50. The molecule has 0 fully saturated rings. The Kier molecular flexibility index (Phi) is 4.96. The lowest BCUT2D eigenvalue weighted by molar-refractivity contribution is 0.331. The second kappa shape index (κ2) is 7.01. The highest BCUT2D eigenvalue weighted by atomic mass is 79.9. The highest BCUT2D eigenvalue weighted by Gasteiger charge is 2.26. The maximum absolute atomic E-state index is 13.3. The molecule has 25 heavy (non-hydrogen) atoms. The number of aryl methyl sites for hydroxylation is 1. The lowest BCUT2D eigenvalue weighted by Crippen LogP contribution is -2.15. The predicted octanol–water partition coefficient (Wildman–Crippen LogP) is 4.26. The maximum atomic E-state index is 13.3. The number of hydrogen-bond donors (Lipinski definition) is 0. The number of nitrogens with zero attached hydrogens (tertiary/aromatic N) is 2. The number of benzene rings is 2. The molecule has 0 aliphatic carbocycles. The van der Waals surface area contributed by atoms with Crippen LogP contribution in [0.2, 0.25) is 0 Å². The number of rotatable bonds is 5. The Balaban J connectivity index is 2.22. The minimum atomic E-state index is -3.87. The molecule has 0 atom stereocenters. The van der Waals surface area contributed by atoms with E-state index >= 15 is 0 Å². The SMILES string of the molecule is CCOc1ccc(Br)cc1S(=O)(=O)n1cc(C)nc1-c1ccccc1. The fourth-order valence-electron chi connectivity index (χ4n) is 2.50. The van der Waals surface area contributed by atoms with E-state index < -0.39 is 10.0 Å². The Morgan fingerprint density at radius 2 is 1.88 bits per heavy atom. The molecule has 3 rings (SSSR count). The summed E-state index contributed by atoms with van der Waals surface area (Å²) in [6.07, 6.45) is 1.52. The molecule has 0 aliphatic rings. The highest BCUT2D eigenvalue weighted by molar-refractivity contribution is 9.10. The molecule has 130 valence electrons. The molecule has 2 aromatic carbocycles. The van der Waals surface area contributed by atoms with Gasteiger partial charge in [0.05, 0.1) is 12.3 Å². The molecule has 0 N–H and O–H groups in total. The Morgan fingerprint density at radius 1 is 1.16 bits per heavy atom. The lowest BCUT2D eigenvalue weighted by Gasteiger charge is -2.14. The zero-order valence-corrected chi connectivity index (χ0v) is 16.2. The molecule has 0 spiro atoms. The molecule has 7 heteroatoms. The zero-order valence-electron chi connectivity index (χ0n) is 13.8. The van der Waals surface area contributed by atoms with Crippen molar-refractivity contribution in [1.82, 2.24) is 8.96 Å². The van der Waals surface area contributed by atoms with Crippen LogP contribution in [0.1, 0.15) is 12.6 Å². The second-order valence-corrected chi connectivity index (χ2v) is 8.10. The molecule has 1 heterocycles. The van der Waals surface area contributed by atoms with E-state index in [1.807, 2.05) is 37.3 Å². The average Bonchev–Trinajstić information content (AvgIpc) is 3.00. The van der Waals surface area contributed by atoms with Gasteiger partial charge in [0.15, 0.2) is 5.82 Å². The molecule has 1 aromatic heterocycles. The van der Waals surface area contributed by atoms with Gasteiger partial charge in [0, 0.05) is 16.2 Å². The minimum absolute atomic E-state index is 0.0957. The Hall–Kier alpha value is -2.12. The van der Waals surface area contributed by atoms with Crippen LogP contribution in [0.4, 0.5) is 0 Å². The van der Waals surface area contributed by atoms with Crippen molar-refractivity contribution >= 4 is 26.0 Å². The molecule has 0 radical (unpaired) electrons. The normalized spacial score (nSPS) is 11.5. The third-order valence-electron chi connectivity index (χ3n) is 3.57. The van der Waals surface area contributed by atoms with Crippen molar-refractivity contribution in [3.05, 3.63) is 64.9 Å². The average molecular weight is 421 g/mol. The van der Waals surface area contributed by atoms with Crippen molar-refractivity contribution in [2.75, 3.05) is 6.61 Å². The van der Waals surface area contributed by atoms with Crippen LogP contribution in [-0.2, 0) is 10.0 Å². The molecule has 0 bridgehead atoms. The van der Waals surface area contributed by atoms with E-state index in [-0.39, 0.29) is 4.90 Å². The van der Waals surface area contributed by atoms with Gasteiger partial charge in [-0.3, -0.25) is 0 Å². The summed E-state index contributed by atoms with van der Waals surface area (Å²) in [5.74, 6) is 0.691. The van der Waals surface area contributed by atoms with Crippen LogP contribution in [0.15, 0.2) is 64.1 Å². The van der Waals surface area contributed by atoms with E-state index in [4.69, 9.17) is 4.74 Å². The third kappa shape index (κ3) is 3.48. The maximum Gasteiger partial charge on any atom is 0.273 e. The van der Waals surface area contributed by atoms with Crippen LogP contribution < -0.4 is 4.74 Å². The molecule has 5 nitrogen and oxygen atoms in total. The Labute approximate surface area is 155 Å². The highest BCUT2D eigenvalue weighted by Crippen LogP contribution is 2.32. The third-order valence-corrected chi connectivity index (χ3v) is 5.73. The van der Waals surface area contributed by atoms with E-state index in [1.54, 1.807) is 25.1 Å². The van der Waals surface area contributed by atoms with E-state index in [1.165, 1.54) is 10.2 Å². The van der Waals surface area contributed by atoms with Crippen molar-refractivity contribution in [1.29, 1.82) is 0 Å². The van der Waals surface area contributed by atoms with Crippen LogP contribution in [0.5, 0.6) is 5.75 Å². The Bertz CT molecular complexity index is 998. The predicted molar refractivity (Wildman–Crippen MR) is 100 cm³/mol. The summed E-state index contributed by atoms with van der Waals surface area (Å²) in [5.41, 5.74) is 1.35. The summed E-state index contributed by atoms with van der Waals surface area (Å²) < 4.78 is 34.0. The molecular formula is C18H17BrN2O3S. The lowest BCUT2D eigenvalue weighted by atomic mass is 10.2. The number of halogens is 1. The quantitative estimate of drug-likeness (QED) is 0.618. The van der Waals surface area contributed by atoms with Crippen LogP contribution in [0, 0.1) is 6.92 Å². The van der Waals surface area contributed by atoms with Crippen LogP contribution >= 0.6 is 15.9 Å². The van der Waals surface area contributed by atoms with Gasteiger partial charge < -0.3 is 4.74 Å². The molecule has 0 amide bonds. The van der Waals surface area contributed by atoms with Gasteiger partial charge in [-0.1, -0.05) is 46.3 Å². The summed E-state index contributed by atoms with van der Waals surface area (Å²) in [5, 5.41) is 0. The first-order chi connectivity index (χ1) is 11.9. The van der Waals surface area contributed by atoms with Gasteiger partial charge in [0.2, 0.25) is 0 Å². The second-order valence-electron chi connectivity index (χ2n) is 5.40. The first-order valence-electron chi connectivity index (χ1n) is 7.73. The smallest absolute Gasteiger partial charge is 0.273 e. The van der Waals surface area contributed by atoms with Gasteiger partial charge in [-0.25, -0.2) is 17.4 Å². The summed E-state index contributed by atoms with van der Waals surface area (Å²) in [7, 11) is -3.87. The van der Waals surface area contributed by atoms with E-state index in [0.717, 1.165) is 5.56 Å². The minimum Gasteiger partial charge on any atom is -0.492 e. The monoisotopic (exact) mass is 420 g/mol. The fourth-order valence-corrected chi connectivity index (χ4v) is 4.55. The number of aromatic nitrogens is 2. The molecule has 0 unspecified atom stereocenters. The van der Waals surface area contributed by atoms with Gasteiger partial charge in [-0.05, 0) is 32.0 Å². The Morgan fingerprint density at radius 3 is 2.56 bits per heavy atom. The zero-order chi connectivity index (χ0) is 18.0. The van der Waals surface area contributed by atoms with Crippen molar-refractivity contribution in [3.63, 3.8) is 0 Å². The van der Waals surface area contributed by atoms with Crippen molar-refractivity contribution < 1.29 is 13.2 Å². The van der Waals surface area contributed by atoms with Crippen molar-refractivity contribution in [2.45, 2.75) is 18.7 Å². The van der Waals surface area contributed by atoms with Gasteiger partial charge in [0.25, 0.3) is 10.0 Å².